The maximum atomic E-state index is 12.7. The van der Waals surface area contributed by atoms with Crippen molar-refractivity contribution in [1.82, 2.24) is 4.90 Å². The Labute approximate surface area is 179 Å². The first-order valence-corrected chi connectivity index (χ1v) is 10.2. The van der Waals surface area contributed by atoms with Gasteiger partial charge in [-0.1, -0.05) is 25.1 Å². The summed E-state index contributed by atoms with van der Waals surface area (Å²) in [5.74, 6) is -0.291. The van der Waals surface area contributed by atoms with Gasteiger partial charge in [-0.15, -0.1) is 0 Å². The average molecular weight is 434 g/mol. The maximum Gasteiger partial charge on any atom is 0.416 e. The van der Waals surface area contributed by atoms with E-state index in [9.17, 15) is 22.8 Å². The van der Waals surface area contributed by atoms with E-state index in [1.54, 1.807) is 36.1 Å². The molecule has 2 aromatic rings. The van der Waals surface area contributed by atoms with Gasteiger partial charge in [-0.2, -0.15) is 13.2 Å². The van der Waals surface area contributed by atoms with Crippen LogP contribution in [-0.4, -0.2) is 36.4 Å². The van der Waals surface area contributed by atoms with Gasteiger partial charge in [-0.05, 0) is 49.1 Å². The molecule has 2 amide bonds. The molecule has 0 aromatic heterocycles. The van der Waals surface area contributed by atoms with Crippen molar-refractivity contribution in [3.63, 3.8) is 0 Å². The van der Waals surface area contributed by atoms with Crippen LogP contribution in [0.4, 0.5) is 18.9 Å². The van der Waals surface area contributed by atoms with E-state index >= 15 is 0 Å². The third kappa shape index (κ3) is 6.47. The molecule has 1 heterocycles. The number of amides is 2. The van der Waals surface area contributed by atoms with Gasteiger partial charge in [0.05, 0.1) is 5.56 Å². The molecular formula is C23H25F3N2O3. The Morgan fingerprint density at radius 2 is 1.77 bits per heavy atom. The van der Waals surface area contributed by atoms with E-state index in [4.69, 9.17) is 4.74 Å². The summed E-state index contributed by atoms with van der Waals surface area (Å²) in [6.45, 7) is 3.17. The standard InChI is InChI=1S/C23H25F3N2O3/c1-16(13-17-7-9-18(10-8-17)23(24,25)26)22(30)27-19-5-4-6-20(14-19)31-15-21(29)28-11-2-3-12-28/h4-10,14,16H,2-3,11-13,15H2,1H3,(H,27,30). The minimum absolute atomic E-state index is 0.0538. The molecule has 2 aromatic carbocycles. The Morgan fingerprint density at radius 1 is 1.10 bits per heavy atom. The highest BCUT2D eigenvalue weighted by Crippen LogP contribution is 2.29. The lowest BCUT2D eigenvalue weighted by molar-refractivity contribution is -0.137. The number of carbonyl (C=O) groups excluding carboxylic acids is 2. The number of halogens is 3. The van der Waals surface area contributed by atoms with Crippen LogP contribution in [0, 0.1) is 5.92 Å². The summed E-state index contributed by atoms with van der Waals surface area (Å²) < 4.78 is 43.6. The number of ether oxygens (including phenoxy) is 1. The smallest absolute Gasteiger partial charge is 0.416 e. The molecular weight excluding hydrogens is 409 g/mol. The molecule has 0 saturated carbocycles. The van der Waals surface area contributed by atoms with Gasteiger partial charge in [0.25, 0.3) is 5.91 Å². The fourth-order valence-corrected chi connectivity index (χ4v) is 3.41. The van der Waals surface area contributed by atoms with Gasteiger partial charge in [-0.3, -0.25) is 9.59 Å². The summed E-state index contributed by atoms with van der Waals surface area (Å²) in [5.41, 5.74) is 0.455. The van der Waals surface area contributed by atoms with Crippen LogP contribution in [0.3, 0.4) is 0 Å². The van der Waals surface area contributed by atoms with Crippen molar-refractivity contribution in [2.24, 2.45) is 5.92 Å². The van der Waals surface area contributed by atoms with Crippen LogP contribution < -0.4 is 10.1 Å². The van der Waals surface area contributed by atoms with Crippen LogP contribution in [0.2, 0.25) is 0 Å². The Hall–Kier alpha value is -3.03. The molecule has 1 fully saturated rings. The molecule has 3 rings (SSSR count). The zero-order chi connectivity index (χ0) is 22.4. The average Bonchev–Trinajstić information content (AvgIpc) is 3.27. The molecule has 8 heteroatoms. The lowest BCUT2D eigenvalue weighted by Crippen LogP contribution is -2.32. The Bertz CT molecular complexity index is 907. The largest absolute Gasteiger partial charge is 0.484 e. The molecule has 0 bridgehead atoms. The summed E-state index contributed by atoms with van der Waals surface area (Å²) >= 11 is 0. The fraction of sp³-hybridized carbons (Fsp3) is 0.391. The van der Waals surface area contributed by atoms with Gasteiger partial charge in [0.15, 0.2) is 6.61 Å². The highest BCUT2D eigenvalue weighted by molar-refractivity contribution is 5.92. The SMILES string of the molecule is CC(Cc1ccc(C(F)(F)F)cc1)C(=O)Nc1cccc(OCC(=O)N2CCCC2)c1. The Kier molecular flexibility index (Phi) is 7.20. The van der Waals surface area contributed by atoms with Crippen molar-refractivity contribution in [3.05, 3.63) is 59.7 Å². The molecule has 166 valence electrons. The zero-order valence-electron chi connectivity index (χ0n) is 17.2. The lowest BCUT2D eigenvalue weighted by atomic mass is 9.99. The van der Waals surface area contributed by atoms with Crippen LogP contribution in [0.15, 0.2) is 48.5 Å². The van der Waals surface area contributed by atoms with E-state index < -0.39 is 17.7 Å². The first-order chi connectivity index (χ1) is 14.7. The van der Waals surface area contributed by atoms with Gasteiger partial charge < -0.3 is 15.0 Å². The van der Waals surface area contributed by atoms with Crippen LogP contribution in [0.5, 0.6) is 5.75 Å². The molecule has 1 N–H and O–H groups in total. The van der Waals surface area contributed by atoms with Crippen molar-refractivity contribution < 1.29 is 27.5 Å². The predicted molar refractivity (Wildman–Crippen MR) is 111 cm³/mol. The van der Waals surface area contributed by atoms with E-state index in [0.717, 1.165) is 38.1 Å². The third-order valence-corrected chi connectivity index (χ3v) is 5.19. The summed E-state index contributed by atoms with van der Waals surface area (Å²) in [5, 5.41) is 2.79. The summed E-state index contributed by atoms with van der Waals surface area (Å²) in [6.07, 6.45) is -2.05. The van der Waals surface area contributed by atoms with Crippen molar-refractivity contribution in [1.29, 1.82) is 0 Å². The minimum atomic E-state index is -4.38. The second-order valence-electron chi connectivity index (χ2n) is 7.69. The van der Waals surface area contributed by atoms with E-state index in [-0.39, 0.29) is 18.4 Å². The first kappa shape index (κ1) is 22.7. The molecule has 0 aliphatic carbocycles. The summed E-state index contributed by atoms with van der Waals surface area (Å²) in [7, 11) is 0. The van der Waals surface area contributed by atoms with Gasteiger partial charge in [0.1, 0.15) is 5.75 Å². The monoisotopic (exact) mass is 434 g/mol. The number of hydrogen-bond acceptors (Lipinski definition) is 3. The number of likely N-dealkylation sites (tertiary alicyclic amines) is 1. The summed E-state index contributed by atoms with van der Waals surface area (Å²) in [4.78, 5) is 26.4. The number of rotatable bonds is 7. The predicted octanol–water partition coefficient (Wildman–Crippen LogP) is 4.52. The molecule has 0 spiro atoms. The van der Waals surface area contributed by atoms with E-state index in [0.29, 0.717) is 23.4 Å². The van der Waals surface area contributed by atoms with Crippen molar-refractivity contribution in [3.8, 4) is 5.75 Å². The molecule has 1 saturated heterocycles. The molecule has 1 unspecified atom stereocenters. The highest BCUT2D eigenvalue weighted by atomic mass is 19.4. The van der Waals surface area contributed by atoms with Crippen molar-refractivity contribution >= 4 is 17.5 Å². The maximum absolute atomic E-state index is 12.7. The lowest BCUT2D eigenvalue weighted by Gasteiger charge is -2.16. The number of carbonyl (C=O) groups is 2. The Balaban J connectivity index is 1.52. The van der Waals surface area contributed by atoms with Gasteiger partial charge in [-0.25, -0.2) is 0 Å². The molecule has 1 atom stereocenters. The normalized spacial score (nSPS) is 14.9. The molecule has 31 heavy (non-hydrogen) atoms. The molecule has 5 nitrogen and oxygen atoms in total. The quantitative estimate of drug-likeness (QED) is 0.697. The number of anilines is 1. The summed E-state index contributed by atoms with van der Waals surface area (Å²) in [6, 6.07) is 11.6. The van der Waals surface area contributed by atoms with Gasteiger partial charge in [0, 0.05) is 30.8 Å². The van der Waals surface area contributed by atoms with Gasteiger partial charge >= 0.3 is 6.18 Å². The van der Waals surface area contributed by atoms with Crippen LogP contribution in [0.1, 0.15) is 30.9 Å². The number of benzene rings is 2. The zero-order valence-corrected chi connectivity index (χ0v) is 17.2. The Morgan fingerprint density at radius 3 is 2.42 bits per heavy atom. The number of alkyl halides is 3. The second kappa shape index (κ2) is 9.85. The van der Waals surface area contributed by atoms with E-state index in [1.165, 1.54) is 12.1 Å². The van der Waals surface area contributed by atoms with Crippen LogP contribution in [-0.2, 0) is 22.2 Å². The molecule has 0 radical (unpaired) electrons. The second-order valence-corrected chi connectivity index (χ2v) is 7.69. The number of nitrogens with one attached hydrogen (secondary N) is 1. The first-order valence-electron chi connectivity index (χ1n) is 10.2. The number of hydrogen-bond donors (Lipinski definition) is 1. The third-order valence-electron chi connectivity index (χ3n) is 5.19. The van der Waals surface area contributed by atoms with Crippen LogP contribution >= 0.6 is 0 Å². The topological polar surface area (TPSA) is 58.6 Å². The van der Waals surface area contributed by atoms with E-state index in [1.807, 2.05) is 0 Å². The van der Waals surface area contributed by atoms with Crippen LogP contribution in [0.25, 0.3) is 0 Å². The van der Waals surface area contributed by atoms with Crippen molar-refractivity contribution in [2.45, 2.75) is 32.4 Å². The van der Waals surface area contributed by atoms with Crippen molar-refractivity contribution in [2.75, 3.05) is 25.0 Å². The number of nitrogens with zero attached hydrogens (tertiary/aromatic N) is 1. The molecule has 1 aliphatic heterocycles. The van der Waals surface area contributed by atoms with E-state index in [2.05, 4.69) is 5.32 Å². The highest BCUT2D eigenvalue weighted by Gasteiger charge is 2.30. The fourth-order valence-electron chi connectivity index (χ4n) is 3.41. The minimum Gasteiger partial charge on any atom is -0.484 e. The van der Waals surface area contributed by atoms with Gasteiger partial charge in [0.2, 0.25) is 5.91 Å². The molecule has 1 aliphatic rings.